The van der Waals surface area contributed by atoms with Crippen LogP contribution in [-0.2, 0) is 6.54 Å². The monoisotopic (exact) mass is 301 g/mol. The number of methoxy groups -OCH3 is 2. The van der Waals surface area contributed by atoms with Gasteiger partial charge in [0.25, 0.3) is 0 Å². The Hall–Kier alpha value is -2.16. The van der Waals surface area contributed by atoms with Gasteiger partial charge in [-0.2, -0.15) is 0 Å². The van der Waals surface area contributed by atoms with Crippen LogP contribution in [0, 0.1) is 0 Å². The Bertz CT molecular complexity index is 537. The molecule has 0 amide bonds. The first-order chi connectivity index (χ1) is 10.8. The lowest BCUT2D eigenvalue weighted by Gasteiger charge is -2.23. The van der Waals surface area contributed by atoms with E-state index < -0.39 is 0 Å². The number of ether oxygens (including phenoxy) is 2. The van der Waals surface area contributed by atoms with Crippen LogP contribution in [0.15, 0.2) is 48.5 Å². The highest BCUT2D eigenvalue weighted by atomic mass is 16.5. The van der Waals surface area contributed by atoms with Gasteiger partial charge in [-0.05, 0) is 48.9 Å². The minimum absolute atomic E-state index is 0.861. The molecule has 0 aliphatic heterocycles. The van der Waals surface area contributed by atoms with Crippen molar-refractivity contribution in [3.05, 3.63) is 54.1 Å². The van der Waals surface area contributed by atoms with Gasteiger partial charge in [0.1, 0.15) is 11.5 Å². The van der Waals surface area contributed by atoms with E-state index in [0.29, 0.717) is 0 Å². The highest BCUT2D eigenvalue weighted by Crippen LogP contribution is 2.22. The number of nitrogens with zero attached hydrogens (tertiary/aromatic N) is 1. The van der Waals surface area contributed by atoms with Gasteiger partial charge in [0.05, 0.1) is 14.2 Å². The quantitative estimate of drug-likeness (QED) is 0.768. The van der Waals surface area contributed by atoms with E-state index in [1.165, 1.54) is 11.3 Å². The van der Waals surface area contributed by atoms with E-state index in [-0.39, 0.29) is 0 Å². The summed E-state index contributed by atoms with van der Waals surface area (Å²) in [5.41, 5.74) is 2.43. The highest BCUT2D eigenvalue weighted by Gasteiger charge is 2.06. The summed E-state index contributed by atoms with van der Waals surface area (Å²) in [6.45, 7) is 7.97. The third-order valence-corrected chi connectivity index (χ3v) is 3.33. The lowest BCUT2D eigenvalue weighted by Crippen LogP contribution is -2.21. The predicted octanol–water partition coefficient (Wildman–Crippen LogP) is 4.76. The number of rotatable bonds is 6. The lowest BCUT2D eigenvalue weighted by atomic mass is 10.2. The van der Waals surface area contributed by atoms with Gasteiger partial charge in [-0.1, -0.05) is 26.0 Å². The number of anilines is 1. The maximum atomic E-state index is 5.27. The Morgan fingerprint density at radius 2 is 1.50 bits per heavy atom. The highest BCUT2D eigenvalue weighted by molar-refractivity contribution is 5.49. The predicted molar refractivity (Wildman–Crippen MR) is 94.1 cm³/mol. The minimum Gasteiger partial charge on any atom is -0.497 e. The Labute approximate surface area is 134 Å². The maximum absolute atomic E-state index is 5.27. The molecule has 0 aromatic heterocycles. The van der Waals surface area contributed by atoms with E-state index in [4.69, 9.17) is 9.47 Å². The van der Waals surface area contributed by atoms with Crippen LogP contribution in [0.2, 0.25) is 0 Å². The Balaban J connectivity index is 0.00000116. The molecular weight excluding hydrogens is 274 g/mol. The Morgan fingerprint density at radius 1 is 0.864 bits per heavy atom. The molecule has 0 radical (unpaired) electrons. The van der Waals surface area contributed by atoms with Crippen LogP contribution in [0.5, 0.6) is 11.5 Å². The fourth-order valence-corrected chi connectivity index (χ4v) is 2.17. The van der Waals surface area contributed by atoms with E-state index in [0.717, 1.165) is 24.6 Å². The van der Waals surface area contributed by atoms with Gasteiger partial charge < -0.3 is 14.4 Å². The van der Waals surface area contributed by atoms with Crippen molar-refractivity contribution < 1.29 is 9.47 Å². The Kier molecular flexibility index (Phi) is 7.90. The fraction of sp³-hybridized carbons (Fsp3) is 0.368. The van der Waals surface area contributed by atoms with Gasteiger partial charge >= 0.3 is 0 Å². The molecule has 0 heterocycles. The molecule has 3 heteroatoms. The molecule has 0 aliphatic carbocycles. The molecule has 3 nitrogen and oxygen atoms in total. The zero-order valence-electron chi connectivity index (χ0n) is 14.3. The second-order valence-electron chi connectivity index (χ2n) is 4.56. The van der Waals surface area contributed by atoms with Crippen molar-refractivity contribution in [1.82, 2.24) is 0 Å². The van der Waals surface area contributed by atoms with Crippen molar-refractivity contribution in [3.8, 4) is 11.5 Å². The van der Waals surface area contributed by atoms with Crippen LogP contribution < -0.4 is 14.4 Å². The van der Waals surface area contributed by atoms with Crippen LogP contribution in [0.4, 0.5) is 5.69 Å². The summed E-state index contributed by atoms with van der Waals surface area (Å²) in [6.07, 6.45) is 0. The largest absolute Gasteiger partial charge is 0.497 e. The summed E-state index contributed by atoms with van der Waals surface area (Å²) in [4.78, 5) is 2.31. The van der Waals surface area contributed by atoms with Gasteiger partial charge in [0.2, 0.25) is 0 Å². The van der Waals surface area contributed by atoms with Gasteiger partial charge in [0, 0.05) is 18.8 Å². The molecule has 0 spiro atoms. The topological polar surface area (TPSA) is 21.7 Å². The molecule has 22 heavy (non-hydrogen) atoms. The van der Waals surface area contributed by atoms with Crippen LogP contribution in [0.1, 0.15) is 26.3 Å². The summed E-state index contributed by atoms with van der Waals surface area (Å²) in [7, 11) is 3.38. The van der Waals surface area contributed by atoms with Crippen molar-refractivity contribution in [3.63, 3.8) is 0 Å². The lowest BCUT2D eigenvalue weighted by molar-refractivity contribution is 0.414. The number of hydrogen-bond acceptors (Lipinski definition) is 3. The van der Waals surface area contributed by atoms with E-state index in [1.54, 1.807) is 14.2 Å². The van der Waals surface area contributed by atoms with E-state index in [1.807, 2.05) is 38.1 Å². The van der Waals surface area contributed by atoms with Gasteiger partial charge in [-0.3, -0.25) is 0 Å². The molecular formula is C19H27NO2. The molecule has 0 N–H and O–H groups in total. The molecule has 0 atom stereocenters. The molecule has 2 aromatic rings. The average Bonchev–Trinajstić information content (AvgIpc) is 2.61. The molecule has 0 saturated carbocycles. The molecule has 2 rings (SSSR count). The minimum atomic E-state index is 0.861. The van der Waals surface area contributed by atoms with Gasteiger partial charge in [-0.25, -0.2) is 0 Å². The molecule has 0 aliphatic rings. The van der Waals surface area contributed by atoms with Crippen LogP contribution in [-0.4, -0.2) is 20.8 Å². The summed E-state index contributed by atoms with van der Waals surface area (Å²) < 4.78 is 10.5. The van der Waals surface area contributed by atoms with Crippen molar-refractivity contribution in [2.45, 2.75) is 27.3 Å². The molecule has 0 saturated heterocycles. The summed E-state index contributed by atoms with van der Waals surface area (Å²) in [6, 6.07) is 16.3. The zero-order chi connectivity index (χ0) is 16.4. The first-order valence-electron chi connectivity index (χ1n) is 7.78. The smallest absolute Gasteiger partial charge is 0.119 e. The molecule has 0 bridgehead atoms. The van der Waals surface area contributed by atoms with Crippen molar-refractivity contribution in [2.75, 3.05) is 25.7 Å². The van der Waals surface area contributed by atoms with Gasteiger partial charge in [0.15, 0.2) is 0 Å². The molecule has 120 valence electrons. The average molecular weight is 301 g/mol. The van der Waals surface area contributed by atoms with E-state index >= 15 is 0 Å². The normalized spacial score (nSPS) is 9.50. The fourth-order valence-electron chi connectivity index (χ4n) is 2.17. The van der Waals surface area contributed by atoms with Crippen molar-refractivity contribution >= 4 is 5.69 Å². The van der Waals surface area contributed by atoms with Crippen LogP contribution in [0.3, 0.4) is 0 Å². The second-order valence-corrected chi connectivity index (χ2v) is 4.56. The first kappa shape index (κ1) is 17.9. The second kappa shape index (κ2) is 9.72. The number of benzene rings is 2. The maximum Gasteiger partial charge on any atom is 0.119 e. The first-order valence-corrected chi connectivity index (χ1v) is 7.78. The molecule has 0 unspecified atom stereocenters. The van der Waals surface area contributed by atoms with Crippen LogP contribution >= 0.6 is 0 Å². The summed E-state index contributed by atoms with van der Waals surface area (Å²) in [5.74, 6) is 1.78. The molecule has 2 aromatic carbocycles. The zero-order valence-corrected chi connectivity index (χ0v) is 14.3. The SMILES string of the molecule is CC.CCN(Cc1cccc(OC)c1)c1ccc(OC)cc1. The van der Waals surface area contributed by atoms with Crippen LogP contribution in [0.25, 0.3) is 0 Å². The van der Waals surface area contributed by atoms with E-state index in [9.17, 15) is 0 Å². The summed E-state index contributed by atoms with van der Waals surface area (Å²) >= 11 is 0. The van der Waals surface area contributed by atoms with E-state index in [2.05, 4.69) is 36.1 Å². The molecule has 0 fully saturated rings. The third-order valence-electron chi connectivity index (χ3n) is 3.33. The summed E-state index contributed by atoms with van der Waals surface area (Å²) in [5, 5.41) is 0. The standard InChI is InChI=1S/C17H21NO2.C2H6/c1-4-18(15-8-10-16(19-2)11-9-15)13-14-6-5-7-17(12-14)20-3;1-2/h5-12H,4,13H2,1-3H3;1-2H3. The number of hydrogen-bond donors (Lipinski definition) is 0. The van der Waals surface area contributed by atoms with Crippen molar-refractivity contribution in [2.24, 2.45) is 0 Å². The van der Waals surface area contributed by atoms with Crippen molar-refractivity contribution in [1.29, 1.82) is 0 Å². The van der Waals surface area contributed by atoms with Gasteiger partial charge in [-0.15, -0.1) is 0 Å². The third kappa shape index (κ3) is 4.99. The Morgan fingerprint density at radius 3 is 2.05 bits per heavy atom.